The molecule has 0 radical (unpaired) electrons. The molecule has 2 aliphatic carbocycles. The van der Waals surface area contributed by atoms with Gasteiger partial charge in [0.1, 0.15) is 11.6 Å². The van der Waals surface area contributed by atoms with Gasteiger partial charge in [0.25, 0.3) is 0 Å². The lowest BCUT2D eigenvalue weighted by atomic mass is 9.78. The zero-order valence-corrected chi connectivity index (χ0v) is 21.2. The van der Waals surface area contributed by atoms with Crippen molar-refractivity contribution in [1.29, 1.82) is 0 Å². The van der Waals surface area contributed by atoms with E-state index in [1.165, 1.54) is 28.9 Å². The van der Waals surface area contributed by atoms with Gasteiger partial charge >= 0.3 is 6.03 Å². The molecule has 2 heterocycles. The quantitative estimate of drug-likeness (QED) is 0.351. The lowest BCUT2D eigenvalue weighted by Gasteiger charge is -2.31. The fourth-order valence-electron chi connectivity index (χ4n) is 5.96. The third-order valence-electron chi connectivity index (χ3n) is 7.72. The van der Waals surface area contributed by atoms with E-state index in [-0.39, 0.29) is 23.8 Å². The molecule has 0 spiro atoms. The molecular formula is C31H30FN5O. The van der Waals surface area contributed by atoms with Crippen LogP contribution in [0.1, 0.15) is 37.8 Å². The Bertz CT molecular complexity index is 1420. The molecule has 3 aromatic rings. The fourth-order valence-corrected chi connectivity index (χ4v) is 5.96. The van der Waals surface area contributed by atoms with Crippen LogP contribution in [-0.2, 0) is 0 Å². The van der Waals surface area contributed by atoms with Crippen LogP contribution in [0.25, 0.3) is 0 Å². The van der Waals surface area contributed by atoms with Crippen molar-refractivity contribution in [3.05, 3.63) is 125 Å². The minimum atomic E-state index is -0.263. The maximum atomic E-state index is 13.5. The van der Waals surface area contributed by atoms with Gasteiger partial charge in [-0.2, -0.15) is 0 Å². The summed E-state index contributed by atoms with van der Waals surface area (Å²) in [5, 5.41) is 8.09. The number of nitrogens with one attached hydrogen (secondary N) is 3. The summed E-state index contributed by atoms with van der Waals surface area (Å²) in [6, 6.07) is 21.7. The molecule has 7 heteroatoms. The highest BCUT2D eigenvalue weighted by atomic mass is 19.1. The lowest BCUT2D eigenvalue weighted by Crippen LogP contribution is -2.34. The Hall–Kier alpha value is -4.39. The van der Waals surface area contributed by atoms with Crippen molar-refractivity contribution in [2.75, 3.05) is 10.3 Å². The fraction of sp³-hybridized carbons (Fsp3) is 0.226. The van der Waals surface area contributed by atoms with E-state index >= 15 is 0 Å². The number of hydrogen-bond acceptors (Lipinski definition) is 4. The number of hydrazine groups is 1. The number of fused-ring (bicyclic) bond motifs is 1. The molecule has 3 aliphatic rings. The number of anilines is 2. The number of aromatic nitrogens is 1. The van der Waals surface area contributed by atoms with Crippen LogP contribution in [0.4, 0.5) is 20.7 Å². The van der Waals surface area contributed by atoms with Crippen LogP contribution in [0, 0.1) is 17.7 Å². The topological polar surface area (TPSA) is 69.3 Å². The van der Waals surface area contributed by atoms with Crippen molar-refractivity contribution in [2.24, 2.45) is 11.8 Å². The van der Waals surface area contributed by atoms with Crippen molar-refractivity contribution in [3.8, 4) is 0 Å². The number of carbonyl (C=O) groups excluding carboxylic acids is 1. The molecule has 0 saturated carbocycles. The van der Waals surface area contributed by atoms with Crippen LogP contribution in [0.2, 0.25) is 0 Å². The van der Waals surface area contributed by atoms with Gasteiger partial charge in [-0.15, -0.1) is 0 Å². The highest BCUT2D eigenvalue weighted by Gasteiger charge is 2.39. The number of rotatable bonds is 6. The lowest BCUT2D eigenvalue weighted by molar-refractivity contribution is 0.246. The second-order valence-electron chi connectivity index (χ2n) is 10.0. The third-order valence-corrected chi connectivity index (χ3v) is 7.72. The first-order chi connectivity index (χ1) is 18.6. The Morgan fingerprint density at radius 3 is 2.66 bits per heavy atom. The molecule has 3 atom stereocenters. The van der Waals surface area contributed by atoms with Gasteiger partial charge in [0, 0.05) is 23.9 Å². The summed E-state index contributed by atoms with van der Waals surface area (Å²) in [5.74, 6) is 0.867. The van der Waals surface area contributed by atoms with E-state index in [1.807, 2.05) is 35.3 Å². The molecule has 6 rings (SSSR count). The van der Waals surface area contributed by atoms with Crippen LogP contribution >= 0.6 is 0 Å². The molecule has 2 amide bonds. The third kappa shape index (κ3) is 4.67. The first-order valence-corrected chi connectivity index (χ1v) is 13.1. The van der Waals surface area contributed by atoms with E-state index in [9.17, 15) is 9.18 Å². The molecule has 1 aliphatic heterocycles. The maximum absolute atomic E-state index is 13.5. The summed E-state index contributed by atoms with van der Waals surface area (Å²) < 4.78 is 13.5. The SMILES string of the molecule is C[C@H]1C2=CNN(c3ccc(F)cc3)C2=CC2=C1[C@@H](CC(NC(=O)Nc1ccccn1)c1ccccc1)CC2. The predicted molar refractivity (Wildman–Crippen MR) is 147 cm³/mol. The highest BCUT2D eigenvalue weighted by Crippen LogP contribution is 2.49. The summed E-state index contributed by atoms with van der Waals surface area (Å²) in [4.78, 5) is 17.1. The molecular weight excluding hydrogens is 477 g/mol. The van der Waals surface area contributed by atoms with E-state index in [0.717, 1.165) is 36.2 Å². The van der Waals surface area contributed by atoms with E-state index in [0.29, 0.717) is 11.7 Å². The van der Waals surface area contributed by atoms with E-state index < -0.39 is 0 Å². The molecule has 1 aromatic heterocycles. The number of pyridine rings is 1. The average molecular weight is 508 g/mol. The molecule has 0 fully saturated rings. The van der Waals surface area contributed by atoms with Crippen molar-refractivity contribution in [2.45, 2.75) is 32.2 Å². The Balaban J connectivity index is 1.24. The highest BCUT2D eigenvalue weighted by molar-refractivity contribution is 5.88. The maximum Gasteiger partial charge on any atom is 0.320 e. The first kappa shape index (κ1) is 24.0. The van der Waals surface area contributed by atoms with Gasteiger partial charge in [-0.25, -0.2) is 14.2 Å². The minimum Gasteiger partial charge on any atom is -0.331 e. The largest absolute Gasteiger partial charge is 0.331 e. The van der Waals surface area contributed by atoms with Crippen LogP contribution in [0.15, 0.2) is 114 Å². The van der Waals surface area contributed by atoms with Gasteiger partial charge in [-0.1, -0.05) is 48.9 Å². The number of amides is 2. The van der Waals surface area contributed by atoms with E-state index in [2.05, 4.69) is 52.4 Å². The summed E-state index contributed by atoms with van der Waals surface area (Å²) in [7, 11) is 0. The molecule has 2 aromatic carbocycles. The monoisotopic (exact) mass is 507 g/mol. The molecule has 0 bridgehead atoms. The number of urea groups is 1. The van der Waals surface area contributed by atoms with Crippen molar-refractivity contribution in [1.82, 2.24) is 15.7 Å². The number of allylic oxidation sites excluding steroid dienone is 4. The average Bonchev–Trinajstić information content (AvgIpc) is 3.55. The van der Waals surface area contributed by atoms with Gasteiger partial charge in [0.2, 0.25) is 0 Å². The molecule has 192 valence electrons. The van der Waals surface area contributed by atoms with Gasteiger partial charge in [0.05, 0.1) is 17.4 Å². The van der Waals surface area contributed by atoms with Gasteiger partial charge in [0.15, 0.2) is 0 Å². The zero-order valence-electron chi connectivity index (χ0n) is 21.2. The van der Waals surface area contributed by atoms with E-state index in [1.54, 1.807) is 24.4 Å². The number of hydrogen-bond donors (Lipinski definition) is 3. The molecule has 1 unspecified atom stereocenters. The van der Waals surface area contributed by atoms with Crippen LogP contribution < -0.4 is 21.1 Å². The Labute approximate surface area is 221 Å². The standard InChI is InChI=1S/C31H30FN5O/c1-20-26-19-34-37(25-14-12-24(32)13-15-25)28(26)18-23-11-10-22(30(20)23)17-27(21-7-3-2-4-8-21)35-31(38)36-29-9-5-6-16-33-29/h2-9,12-16,18-20,22,27,34H,10-11,17H2,1H3,(H2,33,35,36,38)/t20-,22+,27?/m0/s1. The first-order valence-electron chi connectivity index (χ1n) is 13.1. The second kappa shape index (κ2) is 10.2. The second-order valence-corrected chi connectivity index (χ2v) is 10.0. The number of halogens is 1. The van der Waals surface area contributed by atoms with Crippen LogP contribution in [0.5, 0.6) is 0 Å². The van der Waals surface area contributed by atoms with Gasteiger partial charge in [-0.3, -0.25) is 10.3 Å². The molecule has 6 nitrogen and oxygen atoms in total. The van der Waals surface area contributed by atoms with Gasteiger partial charge in [-0.05, 0) is 78.8 Å². The Kier molecular flexibility index (Phi) is 6.42. The predicted octanol–water partition coefficient (Wildman–Crippen LogP) is 6.62. The minimum absolute atomic E-state index is 0.138. The number of benzene rings is 2. The van der Waals surface area contributed by atoms with Crippen LogP contribution in [-0.4, -0.2) is 11.0 Å². The summed E-state index contributed by atoms with van der Waals surface area (Å²) in [6.07, 6.45) is 8.86. The zero-order chi connectivity index (χ0) is 26.1. The number of carbonyl (C=O) groups is 1. The van der Waals surface area contributed by atoms with E-state index in [4.69, 9.17) is 0 Å². The summed E-state index contributed by atoms with van der Waals surface area (Å²) in [6.45, 7) is 2.26. The number of nitrogens with zero attached hydrogens (tertiary/aromatic N) is 2. The van der Waals surface area contributed by atoms with Crippen LogP contribution in [0.3, 0.4) is 0 Å². The Morgan fingerprint density at radius 1 is 1.11 bits per heavy atom. The summed E-state index contributed by atoms with van der Waals surface area (Å²) in [5.41, 5.74) is 10.5. The van der Waals surface area contributed by atoms with Gasteiger partial charge < -0.3 is 10.7 Å². The van der Waals surface area contributed by atoms with Crippen molar-refractivity contribution in [3.63, 3.8) is 0 Å². The smallest absolute Gasteiger partial charge is 0.320 e. The summed E-state index contributed by atoms with van der Waals surface area (Å²) >= 11 is 0. The normalized spacial score (nSPS) is 20.6. The van der Waals surface area contributed by atoms with Crippen molar-refractivity contribution >= 4 is 17.5 Å². The molecule has 3 N–H and O–H groups in total. The molecule has 38 heavy (non-hydrogen) atoms. The van der Waals surface area contributed by atoms with Crippen molar-refractivity contribution < 1.29 is 9.18 Å². The Morgan fingerprint density at radius 2 is 1.89 bits per heavy atom. The molecule has 0 saturated heterocycles.